The molecule has 0 radical (unpaired) electrons. The van der Waals surface area contributed by atoms with E-state index in [1.165, 1.54) is 16.7 Å². The van der Waals surface area contributed by atoms with Gasteiger partial charge in [-0.1, -0.05) is 0 Å². The minimum Gasteiger partial charge on any atom is -0.376 e. The molecule has 3 nitrogen and oxygen atoms in total. The molecule has 108 valence electrons. The molecule has 3 heterocycles. The number of alkyl halides is 3. The van der Waals surface area contributed by atoms with E-state index in [2.05, 4.69) is 4.98 Å². The van der Waals surface area contributed by atoms with Crippen LogP contribution in [0.2, 0.25) is 0 Å². The summed E-state index contributed by atoms with van der Waals surface area (Å²) in [4.78, 5) is 4.27. The molecule has 1 fully saturated rings. The Morgan fingerprint density at radius 3 is 2.75 bits per heavy atom. The first kappa shape index (κ1) is 14.0. The maximum atomic E-state index is 12.9. The third kappa shape index (κ3) is 2.73. The fourth-order valence-electron chi connectivity index (χ4n) is 1.90. The molecule has 1 aliphatic heterocycles. The van der Waals surface area contributed by atoms with E-state index in [9.17, 15) is 13.2 Å². The molecule has 0 spiro atoms. The zero-order valence-electron chi connectivity index (χ0n) is 10.1. The van der Waals surface area contributed by atoms with Crippen LogP contribution in [0.15, 0.2) is 16.1 Å². The number of thiazole rings is 1. The predicted molar refractivity (Wildman–Crippen MR) is 69.9 cm³/mol. The molecule has 0 saturated carbocycles. The molecule has 1 aliphatic rings. The van der Waals surface area contributed by atoms with E-state index in [1.54, 1.807) is 5.38 Å². The number of halogens is 3. The van der Waals surface area contributed by atoms with Crippen LogP contribution in [0.1, 0.15) is 17.4 Å². The molecule has 8 heteroatoms. The van der Waals surface area contributed by atoms with Crippen LogP contribution in [0, 0.1) is 0 Å². The van der Waals surface area contributed by atoms with Crippen LogP contribution in [-0.2, 0) is 15.7 Å². The number of thiophene rings is 1. The summed E-state index contributed by atoms with van der Waals surface area (Å²) < 4.78 is 49.4. The fourth-order valence-corrected chi connectivity index (χ4v) is 3.70. The molecule has 2 aromatic heterocycles. The molecular weight excluding hydrogens is 311 g/mol. The summed E-state index contributed by atoms with van der Waals surface area (Å²) in [6.45, 7) is 1.40. The van der Waals surface area contributed by atoms with Crippen LogP contribution >= 0.6 is 22.7 Å². The summed E-state index contributed by atoms with van der Waals surface area (Å²) in [6.07, 6.45) is -4.65. The maximum absolute atomic E-state index is 12.9. The van der Waals surface area contributed by atoms with Gasteiger partial charge < -0.3 is 9.47 Å². The normalized spacial score (nSPS) is 20.2. The molecule has 1 atom stereocenters. The second-order valence-electron chi connectivity index (χ2n) is 4.21. The average Bonchev–Trinajstić information content (AvgIpc) is 3.08. The van der Waals surface area contributed by atoms with Crippen LogP contribution in [0.3, 0.4) is 0 Å². The molecule has 2 aromatic rings. The quantitative estimate of drug-likeness (QED) is 0.838. The van der Waals surface area contributed by atoms with Crippen molar-refractivity contribution in [2.75, 3.05) is 19.8 Å². The lowest BCUT2D eigenvalue weighted by Gasteiger charge is -2.21. The molecule has 0 bridgehead atoms. The minimum atomic E-state index is -4.36. The minimum absolute atomic E-state index is 0.135. The van der Waals surface area contributed by atoms with Crippen LogP contribution in [-0.4, -0.2) is 24.8 Å². The molecule has 0 N–H and O–H groups in total. The fraction of sp³-hybridized carbons (Fsp3) is 0.417. The van der Waals surface area contributed by atoms with Gasteiger partial charge in [0.25, 0.3) is 0 Å². The monoisotopic (exact) mass is 321 g/mol. The van der Waals surface area contributed by atoms with Gasteiger partial charge in [-0.25, -0.2) is 4.98 Å². The predicted octanol–water partition coefficient (Wildman–Crippen LogP) is 3.98. The summed E-state index contributed by atoms with van der Waals surface area (Å²) >= 11 is 2.21. The molecule has 3 rings (SSSR count). The van der Waals surface area contributed by atoms with Crippen molar-refractivity contribution in [1.29, 1.82) is 0 Å². The van der Waals surface area contributed by atoms with E-state index in [-0.39, 0.29) is 11.7 Å². The molecule has 0 amide bonds. The van der Waals surface area contributed by atoms with E-state index < -0.39 is 11.7 Å². The van der Waals surface area contributed by atoms with Gasteiger partial charge in [-0.05, 0) is 0 Å². The first-order chi connectivity index (χ1) is 9.55. The lowest BCUT2D eigenvalue weighted by Crippen LogP contribution is -2.22. The first-order valence-electron chi connectivity index (χ1n) is 5.84. The lowest BCUT2D eigenvalue weighted by atomic mass is 10.2. The molecule has 0 aromatic carbocycles. The van der Waals surface area contributed by atoms with E-state index in [0.29, 0.717) is 30.5 Å². The largest absolute Gasteiger partial charge is 0.417 e. The second kappa shape index (κ2) is 5.44. The van der Waals surface area contributed by atoms with Crippen molar-refractivity contribution in [2.24, 2.45) is 0 Å². The highest BCUT2D eigenvalue weighted by Crippen LogP contribution is 2.40. The number of hydrogen-bond acceptors (Lipinski definition) is 5. The van der Waals surface area contributed by atoms with Crippen LogP contribution in [0.5, 0.6) is 0 Å². The highest BCUT2D eigenvalue weighted by Gasteiger charge is 2.35. The summed E-state index contributed by atoms with van der Waals surface area (Å²) in [6, 6.07) is 0. The van der Waals surface area contributed by atoms with Gasteiger partial charge >= 0.3 is 6.18 Å². The van der Waals surface area contributed by atoms with Crippen molar-refractivity contribution >= 4 is 22.7 Å². The van der Waals surface area contributed by atoms with Crippen LogP contribution in [0.4, 0.5) is 13.2 Å². The average molecular weight is 321 g/mol. The zero-order chi connectivity index (χ0) is 14.2. The maximum Gasteiger partial charge on any atom is 0.417 e. The molecule has 0 aliphatic carbocycles. The Bertz CT molecular complexity index is 588. The summed E-state index contributed by atoms with van der Waals surface area (Å²) in [5.41, 5.74) is 0.128. The lowest BCUT2D eigenvalue weighted by molar-refractivity contribution is -0.136. The Balaban J connectivity index is 1.88. The van der Waals surface area contributed by atoms with Crippen molar-refractivity contribution in [3.05, 3.63) is 27.4 Å². The number of hydrogen-bond donors (Lipinski definition) is 0. The smallest absolute Gasteiger partial charge is 0.376 e. The SMILES string of the molecule is FC(F)(F)c1cscc1-c1nc(C2COCCO2)cs1. The van der Waals surface area contributed by atoms with E-state index in [4.69, 9.17) is 9.47 Å². The van der Waals surface area contributed by atoms with Crippen molar-refractivity contribution in [3.8, 4) is 10.6 Å². The molecule has 1 saturated heterocycles. The van der Waals surface area contributed by atoms with Gasteiger partial charge in [0.2, 0.25) is 0 Å². The second-order valence-corrected chi connectivity index (χ2v) is 5.81. The van der Waals surface area contributed by atoms with Crippen molar-refractivity contribution in [3.63, 3.8) is 0 Å². The number of ether oxygens (including phenoxy) is 2. The van der Waals surface area contributed by atoms with E-state index in [0.717, 1.165) is 16.7 Å². The van der Waals surface area contributed by atoms with Gasteiger partial charge in [0.05, 0.1) is 31.1 Å². The molecular formula is C12H10F3NO2S2. The Morgan fingerprint density at radius 2 is 2.05 bits per heavy atom. The standard InChI is InChI=1S/C12H10F3NO2S2/c13-12(14,15)8-5-19-4-7(8)11-16-9(6-20-11)10-3-17-1-2-18-10/h4-6,10H,1-3H2. The first-order valence-corrected chi connectivity index (χ1v) is 7.66. The van der Waals surface area contributed by atoms with Crippen molar-refractivity contribution in [1.82, 2.24) is 4.98 Å². The summed E-state index contributed by atoms with van der Waals surface area (Å²) in [7, 11) is 0. The third-order valence-electron chi connectivity index (χ3n) is 2.87. The number of rotatable bonds is 2. The molecule has 1 unspecified atom stereocenters. The van der Waals surface area contributed by atoms with Gasteiger partial charge in [-0.15, -0.1) is 11.3 Å². The van der Waals surface area contributed by atoms with Gasteiger partial charge in [-0.3, -0.25) is 0 Å². The zero-order valence-corrected chi connectivity index (χ0v) is 11.8. The summed E-state index contributed by atoms with van der Waals surface area (Å²) in [5.74, 6) is 0. The Morgan fingerprint density at radius 1 is 1.20 bits per heavy atom. The number of nitrogens with zero attached hydrogens (tertiary/aromatic N) is 1. The van der Waals surface area contributed by atoms with E-state index in [1.807, 2.05) is 0 Å². The van der Waals surface area contributed by atoms with Crippen molar-refractivity contribution in [2.45, 2.75) is 12.3 Å². The van der Waals surface area contributed by atoms with Crippen LogP contribution in [0.25, 0.3) is 10.6 Å². The highest BCUT2D eigenvalue weighted by molar-refractivity contribution is 7.14. The van der Waals surface area contributed by atoms with Gasteiger partial charge in [-0.2, -0.15) is 24.5 Å². The summed E-state index contributed by atoms with van der Waals surface area (Å²) in [5, 5.41) is 4.68. The Hall–Kier alpha value is -0.960. The van der Waals surface area contributed by atoms with Crippen LogP contribution < -0.4 is 0 Å². The van der Waals surface area contributed by atoms with Gasteiger partial charge in [0.1, 0.15) is 11.1 Å². The van der Waals surface area contributed by atoms with Crippen molar-refractivity contribution < 1.29 is 22.6 Å². The van der Waals surface area contributed by atoms with Gasteiger partial charge in [0.15, 0.2) is 0 Å². The van der Waals surface area contributed by atoms with Gasteiger partial charge in [0, 0.05) is 21.7 Å². The Kier molecular flexibility index (Phi) is 3.80. The Labute approximate surface area is 121 Å². The topological polar surface area (TPSA) is 31.4 Å². The third-order valence-corrected chi connectivity index (χ3v) is 4.50. The highest BCUT2D eigenvalue weighted by atomic mass is 32.1. The molecule has 20 heavy (non-hydrogen) atoms. The number of aromatic nitrogens is 1. The van der Waals surface area contributed by atoms with E-state index >= 15 is 0 Å².